The minimum absolute atomic E-state index is 0.0122. The third-order valence-corrected chi connectivity index (χ3v) is 5.57. The molecule has 36 heavy (non-hydrogen) atoms. The van der Waals surface area contributed by atoms with Crippen molar-refractivity contribution in [3.8, 4) is 28.7 Å². The quantitative estimate of drug-likeness (QED) is 0.309. The highest BCUT2D eigenvalue weighted by Gasteiger charge is 2.36. The predicted octanol–water partition coefficient (Wildman–Crippen LogP) is 5.27. The van der Waals surface area contributed by atoms with Gasteiger partial charge in [0.05, 0.1) is 13.2 Å². The summed E-state index contributed by atoms with van der Waals surface area (Å²) in [4.78, 5) is 22.1. The molecule has 0 amide bonds. The number of carbonyl (C=O) groups is 1. The van der Waals surface area contributed by atoms with E-state index in [2.05, 4.69) is 14.8 Å². The molecule has 0 atom stereocenters. The summed E-state index contributed by atoms with van der Waals surface area (Å²) in [7, 11) is 0. The second kappa shape index (κ2) is 9.48. The highest BCUT2D eigenvalue weighted by molar-refractivity contribution is 5.95. The van der Waals surface area contributed by atoms with Crippen molar-refractivity contribution >= 4 is 5.97 Å². The molecule has 11 heteroatoms. The number of ether oxygens (including phenoxy) is 2. The third kappa shape index (κ3) is 5.09. The van der Waals surface area contributed by atoms with E-state index in [0.29, 0.717) is 17.9 Å². The molecular weight excluding hydrogens is 475 g/mol. The van der Waals surface area contributed by atoms with Crippen LogP contribution >= 0.6 is 0 Å². The van der Waals surface area contributed by atoms with E-state index < -0.39 is 12.3 Å². The van der Waals surface area contributed by atoms with Gasteiger partial charge in [-0.25, -0.2) is 19.4 Å². The molecule has 0 N–H and O–H groups in total. The molecular formula is C25H22F3N5O3. The Labute approximate surface area is 204 Å². The van der Waals surface area contributed by atoms with Crippen molar-refractivity contribution in [3.05, 3.63) is 72.2 Å². The van der Waals surface area contributed by atoms with E-state index in [9.17, 15) is 18.0 Å². The Morgan fingerprint density at radius 2 is 1.81 bits per heavy atom. The number of aromatic nitrogens is 5. The predicted molar refractivity (Wildman–Crippen MR) is 123 cm³/mol. The Balaban J connectivity index is 1.56. The summed E-state index contributed by atoms with van der Waals surface area (Å²) in [6.07, 6.45) is -1.56. The second-order valence-electron chi connectivity index (χ2n) is 8.28. The fourth-order valence-corrected chi connectivity index (χ4v) is 3.93. The third-order valence-electron chi connectivity index (χ3n) is 5.57. The molecule has 2 aromatic heterocycles. The molecule has 0 saturated heterocycles. The number of hydrogen-bond acceptors (Lipinski definition) is 6. The topological polar surface area (TPSA) is 84.1 Å². The van der Waals surface area contributed by atoms with Gasteiger partial charge in [-0.15, -0.1) is 18.3 Å². The molecule has 1 aliphatic carbocycles. The second-order valence-corrected chi connectivity index (χ2v) is 8.28. The molecule has 0 unspecified atom stereocenters. The molecule has 0 radical (unpaired) electrons. The molecule has 0 bridgehead atoms. The molecule has 5 rings (SSSR count). The van der Waals surface area contributed by atoms with E-state index >= 15 is 0 Å². The van der Waals surface area contributed by atoms with Crippen molar-refractivity contribution in [1.82, 2.24) is 24.3 Å². The van der Waals surface area contributed by atoms with Gasteiger partial charge in [0, 0.05) is 11.6 Å². The van der Waals surface area contributed by atoms with Crippen LogP contribution in [0, 0.1) is 0 Å². The van der Waals surface area contributed by atoms with Gasteiger partial charge in [0.15, 0.2) is 5.69 Å². The summed E-state index contributed by atoms with van der Waals surface area (Å²) >= 11 is 0. The largest absolute Gasteiger partial charge is 0.573 e. The first-order valence-electron chi connectivity index (χ1n) is 11.4. The SMILES string of the molecule is CCOC(=O)c1c(-c2ncn(Cc3ccccc3)n2)nc(-c2ccc(OC(F)(F)F)cc2)n1C1CC1. The van der Waals surface area contributed by atoms with Gasteiger partial charge in [0.2, 0.25) is 5.82 Å². The van der Waals surface area contributed by atoms with Crippen molar-refractivity contribution in [2.45, 2.75) is 38.7 Å². The Bertz CT molecular complexity index is 1360. The van der Waals surface area contributed by atoms with E-state index in [0.717, 1.165) is 18.4 Å². The maximum Gasteiger partial charge on any atom is 0.573 e. The molecule has 2 heterocycles. The van der Waals surface area contributed by atoms with E-state index in [-0.39, 0.29) is 35.6 Å². The molecule has 1 aliphatic rings. The maximum atomic E-state index is 13.1. The molecule has 1 saturated carbocycles. The summed E-state index contributed by atoms with van der Waals surface area (Å²) < 4.78 is 50.5. The first-order chi connectivity index (χ1) is 17.3. The van der Waals surface area contributed by atoms with Crippen LogP contribution in [0.5, 0.6) is 5.75 Å². The Morgan fingerprint density at radius 1 is 1.08 bits per heavy atom. The molecule has 4 aromatic rings. The highest BCUT2D eigenvalue weighted by Crippen LogP contribution is 2.42. The lowest BCUT2D eigenvalue weighted by Crippen LogP contribution is -2.17. The number of alkyl halides is 3. The molecule has 1 fully saturated rings. The Hall–Kier alpha value is -4.15. The van der Waals surface area contributed by atoms with Gasteiger partial charge < -0.3 is 14.0 Å². The summed E-state index contributed by atoms with van der Waals surface area (Å²) in [5.41, 5.74) is 2.04. The first-order valence-corrected chi connectivity index (χ1v) is 11.4. The van der Waals surface area contributed by atoms with Crippen molar-refractivity contribution in [2.24, 2.45) is 0 Å². The van der Waals surface area contributed by atoms with E-state index in [1.54, 1.807) is 22.5 Å². The zero-order chi connectivity index (χ0) is 25.3. The number of halogens is 3. The number of imidazole rings is 1. The fraction of sp³-hybridized carbons (Fsp3) is 0.280. The standard InChI is InChI=1S/C25H22F3N5O3/c1-2-35-24(34)21-20(22-29-15-32(31-22)14-16-6-4-3-5-7-16)30-23(33(21)18-10-11-18)17-8-12-19(13-9-17)36-25(26,27)28/h3-9,12-13,15,18H,2,10-11,14H2,1H3. The lowest BCUT2D eigenvalue weighted by atomic mass is 10.2. The lowest BCUT2D eigenvalue weighted by molar-refractivity contribution is -0.274. The minimum Gasteiger partial charge on any atom is -0.461 e. The van der Waals surface area contributed by atoms with E-state index in [1.165, 1.54) is 24.3 Å². The number of rotatable bonds is 8. The van der Waals surface area contributed by atoms with Crippen LogP contribution in [0.25, 0.3) is 22.9 Å². The average Bonchev–Trinajstić information content (AvgIpc) is 3.44. The monoisotopic (exact) mass is 497 g/mol. The fourth-order valence-electron chi connectivity index (χ4n) is 3.93. The summed E-state index contributed by atoms with van der Waals surface area (Å²) in [6, 6.07) is 15.1. The van der Waals surface area contributed by atoms with Crippen LogP contribution in [-0.2, 0) is 11.3 Å². The number of carbonyl (C=O) groups excluding carboxylic acids is 1. The maximum absolute atomic E-state index is 13.1. The van der Waals surface area contributed by atoms with Crippen molar-refractivity contribution < 1.29 is 27.4 Å². The van der Waals surface area contributed by atoms with Gasteiger partial charge in [-0.2, -0.15) is 0 Å². The minimum atomic E-state index is -4.79. The summed E-state index contributed by atoms with van der Waals surface area (Å²) in [5.74, 6) is -0.224. The number of hydrogen-bond donors (Lipinski definition) is 0. The van der Waals surface area contributed by atoms with Gasteiger partial charge in [-0.3, -0.25) is 0 Å². The van der Waals surface area contributed by atoms with Crippen LogP contribution in [0.15, 0.2) is 60.9 Å². The number of nitrogens with zero attached hydrogens (tertiary/aromatic N) is 5. The highest BCUT2D eigenvalue weighted by atomic mass is 19.4. The summed E-state index contributed by atoms with van der Waals surface area (Å²) in [5, 5.41) is 4.54. The zero-order valence-electron chi connectivity index (χ0n) is 19.3. The Kier molecular flexibility index (Phi) is 6.21. The van der Waals surface area contributed by atoms with Gasteiger partial charge in [0.25, 0.3) is 0 Å². The molecule has 2 aromatic carbocycles. The van der Waals surface area contributed by atoms with Crippen molar-refractivity contribution in [1.29, 1.82) is 0 Å². The van der Waals surface area contributed by atoms with Gasteiger partial charge in [-0.1, -0.05) is 30.3 Å². The first kappa shape index (κ1) is 23.6. The van der Waals surface area contributed by atoms with Crippen molar-refractivity contribution in [3.63, 3.8) is 0 Å². The van der Waals surface area contributed by atoms with E-state index in [1.807, 2.05) is 30.3 Å². The molecule has 0 spiro atoms. The summed E-state index contributed by atoms with van der Waals surface area (Å²) in [6.45, 7) is 2.37. The van der Waals surface area contributed by atoms with Gasteiger partial charge >= 0.3 is 12.3 Å². The van der Waals surface area contributed by atoms with Crippen LogP contribution in [0.1, 0.15) is 41.9 Å². The van der Waals surface area contributed by atoms with Crippen LogP contribution < -0.4 is 4.74 Å². The molecule has 8 nitrogen and oxygen atoms in total. The smallest absolute Gasteiger partial charge is 0.461 e. The van der Waals surface area contributed by atoms with Gasteiger partial charge in [0.1, 0.15) is 23.6 Å². The lowest BCUT2D eigenvalue weighted by Gasteiger charge is -2.12. The average molecular weight is 497 g/mol. The van der Waals surface area contributed by atoms with Crippen LogP contribution in [0.2, 0.25) is 0 Å². The van der Waals surface area contributed by atoms with Crippen LogP contribution in [0.3, 0.4) is 0 Å². The Morgan fingerprint density at radius 3 is 2.44 bits per heavy atom. The van der Waals surface area contributed by atoms with E-state index in [4.69, 9.17) is 9.72 Å². The van der Waals surface area contributed by atoms with Crippen LogP contribution in [0.4, 0.5) is 13.2 Å². The normalized spacial score (nSPS) is 13.6. The number of benzene rings is 2. The van der Waals surface area contributed by atoms with Crippen molar-refractivity contribution in [2.75, 3.05) is 6.61 Å². The van der Waals surface area contributed by atoms with Gasteiger partial charge in [-0.05, 0) is 49.6 Å². The zero-order valence-corrected chi connectivity index (χ0v) is 19.3. The molecule has 0 aliphatic heterocycles. The number of esters is 1. The molecule has 186 valence electrons. The van der Waals surface area contributed by atoms with Crippen LogP contribution in [-0.4, -0.2) is 43.3 Å².